The zero-order chi connectivity index (χ0) is 58.9. The lowest BCUT2D eigenvalue weighted by molar-refractivity contribution is -0.154. The van der Waals surface area contributed by atoms with E-state index in [-0.39, 0.29) is 122 Å². The number of halogens is 3. The van der Waals surface area contributed by atoms with Gasteiger partial charge in [0.25, 0.3) is 11.8 Å². The Morgan fingerprint density at radius 1 is 0.852 bits per heavy atom. The van der Waals surface area contributed by atoms with Gasteiger partial charge in [0.2, 0.25) is 35.5 Å². The van der Waals surface area contributed by atoms with Crippen LogP contribution < -0.4 is 30.9 Å². The summed E-state index contributed by atoms with van der Waals surface area (Å²) in [5.74, 6) is -7.14. The minimum atomic E-state index is -4.79. The fraction of sp³-hybridized carbons (Fsp3) is 0.364. The van der Waals surface area contributed by atoms with Crippen LogP contribution in [0.15, 0.2) is 73.6 Å². The van der Waals surface area contributed by atoms with Crippen LogP contribution in [0.4, 0.5) is 42.0 Å². The molecule has 0 bridgehead atoms. The first kappa shape index (κ1) is 59.5. The molecule has 2 aliphatic heterocycles. The number of pyridine rings is 1. The van der Waals surface area contributed by atoms with E-state index >= 15 is 0 Å². The van der Waals surface area contributed by atoms with E-state index in [1.54, 1.807) is 43.9 Å². The molecule has 0 radical (unpaired) electrons. The topological polar surface area (TPSA) is 291 Å². The van der Waals surface area contributed by atoms with Gasteiger partial charge in [-0.05, 0) is 57.7 Å². The number of aryl methyl sites for hydroxylation is 1. The Morgan fingerprint density at radius 2 is 1.56 bits per heavy atom. The van der Waals surface area contributed by atoms with E-state index in [2.05, 4.69) is 42.8 Å². The number of rotatable bonds is 26. The quantitative estimate of drug-likeness (QED) is 0.0218. The number of hydrogen-bond acceptors (Lipinski definition) is 18. The van der Waals surface area contributed by atoms with Gasteiger partial charge in [-0.25, -0.2) is 14.8 Å². The Bertz CT molecular complexity index is 3360. The predicted molar refractivity (Wildman–Crippen MR) is 288 cm³/mol. The lowest BCUT2D eigenvalue weighted by atomic mass is 10.0. The molecule has 5 aromatic rings. The summed E-state index contributed by atoms with van der Waals surface area (Å²) in [7, 11) is 5.10. The molecule has 426 valence electrons. The first-order chi connectivity index (χ1) is 38.4. The minimum absolute atomic E-state index is 0.00667. The van der Waals surface area contributed by atoms with E-state index in [9.17, 15) is 61.1 Å². The molecule has 7 rings (SSSR count). The van der Waals surface area contributed by atoms with Crippen LogP contribution in [0.5, 0.6) is 5.88 Å². The molecule has 81 heavy (non-hydrogen) atoms. The summed E-state index contributed by atoms with van der Waals surface area (Å²) < 4.78 is 53.7. The molecule has 4 N–H and O–H groups in total. The number of carbonyl (C=O) groups is 10. The fourth-order valence-electron chi connectivity index (χ4n) is 8.87. The number of imide groups is 2. The Labute approximate surface area is 461 Å². The van der Waals surface area contributed by atoms with Crippen LogP contribution in [0.3, 0.4) is 0 Å². The Morgan fingerprint density at radius 3 is 2.25 bits per heavy atom. The second kappa shape index (κ2) is 25.7. The van der Waals surface area contributed by atoms with Gasteiger partial charge in [-0.15, -0.1) is 0 Å². The standard InChI is InChI=1S/C55H58F3N11O12/c1-7-43(73)61-39-26-40(62-54-59-27-36(53(79)81-30(2)3)47(64-54)37-28-68(6)41-14-9-8-11-34(37)41)50(80-29-55(56,57)58)65-48(39)67(5)24-23-66(4)22-21-32(71)16-15-31(70)17-18-33(72)25-45(75)60-38-13-10-12-35-46(38)52(78)69(51(35)77)42-19-20-44(74)63-49(42)76/h7-14,26-28,30,42H,1,15-25,29H2,2-6H3,(H,60,75)(H,61,73)(H,59,62,64)(H,63,74,76). The van der Waals surface area contributed by atoms with Crippen LogP contribution in [0, 0.1) is 0 Å². The van der Waals surface area contributed by atoms with Gasteiger partial charge in [0.05, 0.1) is 40.7 Å². The largest absolute Gasteiger partial charge is 0.466 e. The monoisotopic (exact) mass is 1120 g/mol. The summed E-state index contributed by atoms with van der Waals surface area (Å²) in [5, 5.41) is 10.8. The number of anilines is 5. The van der Waals surface area contributed by atoms with Gasteiger partial charge < -0.3 is 39.8 Å². The third kappa shape index (κ3) is 14.9. The number of nitrogens with one attached hydrogen (secondary N) is 4. The van der Waals surface area contributed by atoms with Crippen molar-refractivity contribution in [3.8, 4) is 17.1 Å². The van der Waals surface area contributed by atoms with Gasteiger partial charge in [-0.2, -0.15) is 18.2 Å². The molecule has 26 heteroatoms. The average molecular weight is 1120 g/mol. The molecule has 3 aromatic heterocycles. The zero-order valence-corrected chi connectivity index (χ0v) is 44.9. The molecular formula is C55H58F3N11O12. The number of nitrogens with zero attached hydrogens (tertiary/aromatic N) is 7. The number of ether oxygens (including phenoxy) is 2. The lowest BCUT2D eigenvalue weighted by Crippen LogP contribution is -2.54. The number of piperidine rings is 1. The Hall–Kier alpha value is -9.20. The number of likely N-dealkylation sites (N-methyl/N-ethyl adjacent to an activating group) is 2. The molecule has 1 saturated heterocycles. The summed E-state index contributed by atoms with van der Waals surface area (Å²) in [6.45, 7) is 5.77. The van der Waals surface area contributed by atoms with Crippen molar-refractivity contribution in [3.63, 3.8) is 0 Å². The number of Topliss-reactive ketones (excluding diaryl/α,β-unsaturated/α-hetero) is 3. The lowest BCUT2D eigenvalue weighted by Gasteiger charge is -2.27. The predicted octanol–water partition coefficient (Wildman–Crippen LogP) is 5.86. The van der Waals surface area contributed by atoms with Crippen LogP contribution in [0.2, 0.25) is 0 Å². The molecule has 0 saturated carbocycles. The highest BCUT2D eigenvalue weighted by molar-refractivity contribution is 6.26. The summed E-state index contributed by atoms with van der Waals surface area (Å²) in [6, 6.07) is 11.6. The van der Waals surface area contributed by atoms with Crippen molar-refractivity contribution in [2.45, 2.75) is 83.5 Å². The maximum absolute atomic E-state index is 13.7. The van der Waals surface area contributed by atoms with Gasteiger partial charge in [0.1, 0.15) is 34.6 Å². The molecule has 6 amide bonds. The molecule has 5 heterocycles. The van der Waals surface area contributed by atoms with Gasteiger partial charge >= 0.3 is 12.1 Å². The smallest absolute Gasteiger partial charge is 0.422 e. The first-order valence-corrected chi connectivity index (χ1v) is 25.6. The van der Waals surface area contributed by atoms with Crippen molar-refractivity contribution in [1.29, 1.82) is 0 Å². The fourth-order valence-corrected chi connectivity index (χ4v) is 8.87. The maximum Gasteiger partial charge on any atom is 0.422 e. The number of aromatic nitrogens is 4. The molecule has 1 fully saturated rings. The van der Waals surface area contributed by atoms with Crippen molar-refractivity contribution in [2.75, 3.05) is 61.2 Å². The third-order valence-electron chi connectivity index (χ3n) is 12.9. The van der Waals surface area contributed by atoms with E-state index < -0.39 is 90.2 Å². The number of esters is 1. The van der Waals surface area contributed by atoms with Crippen LogP contribution >= 0.6 is 0 Å². The van der Waals surface area contributed by atoms with E-state index in [1.807, 2.05) is 35.9 Å². The van der Waals surface area contributed by atoms with Crippen LogP contribution in [-0.2, 0) is 45.3 Å². The highest BCUT2D eigenvalue weighted by Crippen LogP contribution is 2.38. The summed E-state index contributed by atoms with van der Waals surface area (Å²) in [4.78, 5) is 145. The number of amides is 6. The number of carbonyl (C=O) groups excluding carboxylic acids is 10. The number of fused-ring (bicyclic) bond motifs is 2. The number of alkyl halides is 3. The zero-order valence-electron chi connectivity index (χ0n) is 44.9. The van der Waals surface area contributed by atoms with Gasteiger partial charge in [-0.3, -0.25) is 53.4 Å². The first-order valence-electron chi connectivity index (χ1n) is 25.6. The summed E-state index contributed by atoms with van der Waals surface area (Å²) >= 11 is 0. The third-order valence-corrected chi connectivity index (χ3v) is 12.9. The molecule has 2 aromatic carbocycles. The van der Waals surface area contributed by atoms with E-state index in [1.165, 1.54) is 30.5 Å². The second-order valence-electron chi connectivity index (χ2n) is 19.5. The maximum atomic E-state index is 13.7. The highest BCUT2D eigenvalue weighted by atomic mass is 19.4. The number of ketones is 3. The molecular weight excluding hydrogens is 1060 g/mol. The summed E-state index contributed by atoms with van der Waals surface area (Å²) in [5.41, 5.74) is 1.07. The van der Waals surface area contributed by atoms with Crippen molar-refractivity contribution in [1.82, 2.24) is 34.6 Å². The van der Waals surface area contributed by atoms with E-state index in [0.29, 0.717) is 5.56 Å². The molecule has 1 unspecified atom stereocenters. The highest BCUT2D eigenvalue weighted by Gasteiger charge is 2.46. The number of benzene rings is 2. The SMILES string of the molecule is C=CC(=O)Nc1cc(Nc2ncc(C(=O)OC(C)C)c(-c3cn(C)c4ccccc34)n2)c(OCC(F)(F)F)nc1N(C)CCN(C)CCC(=O)CCC(=O)CCC(=O)CC(=O)Nc1cccc2c1C(=O)N(C1CCC(=O)NC1=O)C2=O. The van der Waals surface area contributed by atoms with Crippen molar-refractivity contribution in [2.24, 2.45) is 7.05 Å². The Balaban J connectivity index is 0.932. The second-order valence-corrected chi connectivity index (χ2v) is 19.5. The van der Waals surface area contributed by atoms with Crippen LogP contribution in [0.1, 0.15) is 96.3 Å². The van der Waals surface area contributed by atoms with Gasteiger partial charge in [0, 0.05) is 101 Å². The van der Waals surface area contributed by atoms with Gasteiger partial charge in [-0.1, -0.05) is 30.8 Å². The minimum Gasteiger partial charge on any atom is -0.466 e. The van der Waals surface area contributed by atoms with Crippen LogP contribution in [0.25, 0.3) is 22.2 Å². The molecule has 1 atom stereocenters. The normalized spacial score (nSPS) is 14.2. The molecule has 0 aliphatic carbocycles. The van der Waals surface area contributed by atoms with Crippen LogP contribution in [-0.4, -0.2) is 147 Å². The summed E-state index contributed by atoms with van der Waals surface area (Å²) in [6.07, 6.45) is -2.90. The Kier molecular flexibility index (Phi) is 18.9. The van der Waals surface area contributed by atoms with Crippen molar-refractivity contribution < 1.29 is 70.6 Å². The van der Waals surface area contributed by atoms with Crippen molar-refractivity contribution in [3.05, 3.63) is 90.3 Å². The molecule has 0 spiro atoms. The number of hydrogen-bond donors (Lipinski definition) is 4. The molecule has 2 aliphatic rings. The molecule has 23 nitrogen and oxygen atoms in total. The van der Waals surface area contributed by atoms with Gasteiger partial charge in [0.15, 0.2) is 12.4 Å². The van der Waals surface area contributed by atoms with Crippen molar-refractivity contribution >= 4 is 98.5 Å². The van der Waals surface area contributed by atoms with E-state index in [4.69, 9.17) is 9.47 Å². The average Bonchev–Trinajstić information content (AvgIpc) is 4.07. The van der Waals surface area contributed by atoms with E-state index in [0.717, 1.165) is 21.9 Å². The number of para-hydroxylation sites is 1.